The van der Waals surface area contributed by atoms with Crippen molar-refractivity contribution in [1.29, 1.82) is 0 Å². The van der Waals surface area contributed by atoms with Gasteiger partial charge in [-0.2, -0.15) is 14.7 Å². The van der Waals surface area contributed by atoms with Crippen LogP contribution in [0.2, 0.25) is 0 Å². The zero-order chi connectivity index (χ0) is 31.6. The van der Waals surface area contributed by atoms with Crippen LogP contribution in [-0.2, 0) is 9.84 Å². The van der Waals surface area contributed by atoms with Crippen molar-refractivity contribution in [3.8, 4) is 28.1 Å². The highest BCUT2D eigenvalue weighted by Gasteiger charge is 2.46. The van der Waals surface area contributed by atoms with Crippen LogP contribution in [0.15, 0.2) is 47.9 Å². The Morgan fingerprint density at radius 1 is 1.07 bits per heavy atom. The fourth-order valence-corrected chi connectivity index (χ4v) is 7.73. The Hall–Kier alpha value is -4.99. The number of aromatic amines is 1. The first-order chi connectivity index (χ1) is 21.5. The largest absolute Gasteiger partial charge is 0.491 e. The van der Waals surface area contributed by atoms with E-state index in [-0.39, 0.29) is 46.0 Å². The molecule has 0 aliphatic carbocycles. The van der Waals surface area contributed by atoms with Crippen LogP contribution in [0.3, 0.4) is 0 Å². The van der Waals surface area contributed by atoms with Gasteiger partial charge in [-0.1, -0.05) is 6.07 Å². The molecular formula is C29H27F2N9O4S. The van der Waals surface area contributed by atoms with Crippen molar-refractivity contribution in [2.24, 2.45) is 0 Å². The maximum Gasteiger partial charge on any atom is 0.291 e. The second-order valence-corrected chi connectivity index (χ2v) is 13.2. The number of amides is 1. The van der Waals surface area contributed by atoms with Gasteiger partial charge in [0.05, 0.1) is 24.7 Å². The van der Waals surface area contributed by atoms with E-state index < -0.39 is 27.2 Å². The Labute approximate surface area is 255 Å². The van der Waals surface area contributed by atoms with Gasteiger partial charge in [0.2, 0.25) is 5.82 Å². The van der Waals surface area contributed by atoms with E-state index in [0.29, 0.717) is 41.0 Å². The summed E-state index contributed by atoms with van der Waals surface area (Å²) in [7, 11) is -2.64. The summed E-state index contributed by atoms with van der Waals surface area (Å²) < 4.78 is 60.8. The normalized spacial score (nSPS) is 19.7. The van der Waals surface area contributed by atoms with Gasteiger partial charge in [0.15, 0.2) is 32.9 Å². The van der Waals surface area contributed by atoms with Crippen molar-refractivity contribution >= 4 is 27.2 Å². The van der Waals surface area contributed by atoms with Crippen molar-refractivity contribution in [1.82, 2.24) is 39.7 Å². The number of ether oxygens (including phenoxy) is 1. The summed E-state index contributed by atoms with van der Waals surface area (Å²) in [6, 6.07) is 5.32. The highest BCUT2D eigenvalue weighted by Crippen LogP contribution is 2.45. The second-order valence-electron chi connectivity index (χ2n) is 11.3. The van der Waals surface area contributed by atoms with E-state index in [4.69, 9.17) is 15.5 Å². The number of rotatable bonds is 6. The SMILES string of the molecule is COc1c(F)cc(-c2ccc(-c3cnn4c(N)c(S(C)(=O)=O)c(C5C[C@H]6CC[C@@H](C5)N6C(=O)c5ncn[nH]5)nc34)cn2)cc1F. The zero-order valence-corrected chi connectivity index (χ0v) is 24.9. The van der Waals surface area contributed by atoms with Crippen molar-refractivity contribution in [2.75, 3.05) is 19.1 Å². The Bertz CT molecular complexity index is 2030. The fraction of sp³-hybridized carbons (Fsp3) is 0.310. The maximum absolute atomic E-state index is 14.3. The molecule has 1 aromatic carbocycles. The standard InChI is InChI=1S/C29H27F2N9O4S/c1-44-24-20(30)9-15(10-21(24)31)22-6-3-14(11-33-22)19-12-36-40-26(32)25(45(2,42)43)23(37-28(19)40)16-7-17-4-5-18(8-16)39(17)29(41)27-34-13-35-38-27/h3,6,9-13,16-18H,4-5,7-8,32H2,1-2H3,(H,34,35,38)/t16?,17-,18+. The van der Waals surface area contributed by atoms with Crippen LogP contribution < -0.4 is 10.5 Å². The number of anilines is 1. The quantitative estimate of drug-likeness (QED) is 0.281. The maximum atomic E-state index is 14.3. The van der Waals surface area contributed by atoms with E-state index in [0.717, 1.165) is 31.2 Å². The number of hydrogen-bond acceptors (Lipinski definition) is 10. The average Bonchev–Trinajstić information content (AvgIpc) is 3.75. The summed E-state index contributed by atoms with van der Waals surface area (Å²) in [4.78, 5) is 28.2. The van der Waals surface area contributed by atoms with Gasteiger partial charge >= 0.3 is 0 Å². The molecule has 13 nitrogen and oxygen atoms in total. The molecule has 3 atom stereocenters. The molecule has 2 fully saturated rings. The minimum absolute atomic E-state index is 0.0648. The van der Waals surface area contributed by atoms with Gasteiger partial charge in [0, 0.05) is 47.1 Å². The number of halogens is 2. The molecule has 3 N–H and O–H groups in total. The minimum atomic E-state index is -3.82. The molecule has 16 heteroatoms. The van der Waals surface area contributed by atoms with Crippen molar-refractivity contribution < 1.29 is 26.7 Å². The molecule has 0 radical (unpaired) electrons. The van der Waals surface area contributed by atoms with Gasteiger partial charge in [-0.15, -0.1) is 0 Å². The van der Waals surface area contributed by atoms with Crippen molar-refractivity contribution in [3.05, 3.63) is 66.1 Å². The topological polar surface area (TPSA) is 174 Å². The Kier molecular flexibility index (Phi) is 6.76. The molecule has 45 heavy (non-hydrogen) atoms. The van der Waals surface area contributed by atoms with Crippen LogP contribution in [0.5, 0.6) is 5.75 Å². The van der Waals surface area contributed by atoms with Crippen LogP contribution in [0.25, 0.3) is 28.0 Å². The van der Waals surface area contributed by atoms with Crippen molar-refractivity contribution in [3.63, 3.8) is 0 Å². The highest BCUT2D eigenvalue weighted by atomic mass is 32.2. The van der Waals surface area contributed by atoms with Gasteiger partial charge in [-0.3, -0.25) is 14.9 Å². The Morgan fingerprint density at radius 3 is 2.36 bits per heavy atom. The van der Waals surface area contributed by atoms with E-state index in [2.05, 4.69) is 25.3 Å². The molecule has 2 bridgehead atoms. The number of nitrogens with one attached hydrogen (secondary N) is 1. The molecule has 1 unspecified atom stereocenters. The van der Waals surface area contributed by atoms with E-state index >= 15 is 0 Å². The predicted octanol–water partition coefficient (Wildman–Crippen LogP) is 3.40. The summed E-state index contributed by atoms with van der Waals surface area (Å²) in [5.74, 6) is -2.61. The summed E-state index contributed by atoms with van der Waals surface area (Å²) in [6.07, 6.45) is 7.93. The molecule has 0 spiro atoms. The molecule has 5 aromatic rings. The summed E-state index contributed by atoms with van der Waals surface area (Å²) >= 11 is 0. The monoisotopic (exact) mass is 635 g/mol. The minimum Gasteiger partial charge on any atom is -0.491 e. The third-order valence-corrected chi connectivity index (χ3v) is 9.74. The lowest BCUT2D eigenvalue weighted by Gasteiger charge is -2.38. The zero-order valence-electron chi connectivity index (χ0n) is 24.1. The third-order valence-electron chi connectivity index (χ3n) is 8.58. The summed E-state index contributed by atoms with van der Waals surface area (Å²) in [5.41, 5.74) is 8.82. The number of piperidine rings is 1. The number of pyridine rings is 1. The predicted molar refractivity (Wildman–Crippen MR) is 157 cm³/mol. The third kappa shape index (κ3) is 4.75. The number of fused-ring (bicyclic) bond motifs is 3. The highest BCUT2D eigenvalue weighted by molar-refractivity contribution is 7.91. The summed E-state index contributed by atoms with van der Waals surface area (Å²) in [6.45, 7) is 0. The van der Waals surface area contributed by atoms with E-state index in [1.807, 2.05) is 4.90 Å². The number of carbonyl (C=O) groups is 1. The average molecular weight is 636 g/mol. The molecule has 232 valence electrons. The number of sulfone groups is 1. The number of methoxy groups -OCH3 is 1. The smallest absolute Gasteiger partial charge is 0.291 e. The first kappa shape index (κ1) is 28.8. The number of nitrogens with two attached hydrogens (primary N) is 1. The van der Waals surface area contributed by atoms with Crippen LogP contribution in [0, 0.1) is 11.6 Å². The fourth-order valence-electron chi connectivity index (χ4n) is 6.67. The lowest BCUT2D eigenvalue weighted by molar-refractivity contribution is 0.0556. The van der Waals surface area contributed by atoms with Gasteiger partial charge in [0.1, 0.15) is 17.0 Å². The molecule has 6 heterocycles. The lowest BCUT2D eigenvalue weighted by atomic mass is 9.87. The number of carbonyl (C=O) groups excluding carboxylic acids is 1. The lowest BCUT2D eigenvalue weighted by Crippen LogP contribution is -2.46. The molecule has 4 aromatic heterocycles. The van der Waals surface area contributed by atoms with Crippen LogP contribution >= 0.6 is 0 Å². The van der Waals surface area contributed by atoms with Crippen molar-refractivity contribution in [2.45, 2.75) is 48.6 Å². The van der Waals surface area contributed by atoms with E-state index in [9.17, 15) is 22.0 Å². The first-order valence-electron chi connectivity index (χ1n) is 14.1. The molecule has 2 aliphatic rings. The van der Waals surface area contributed by atoms with E-state index in [1.54, 1.807) is 12.1 Å². The number of nitrogen functional groups attached to an aromatic ring is 1. The first-order valence-corrected chi connectivity index (χ1v) is 16.0. The van der Waals surface area contributed by atoms with Gasteiger partial charge in [-0.05, 0) is 43.9 Å². The summed E-state index contributed by atoms with van der Waals surface area (Å²) in [5, 5.41) is 10.8. The molecule has 2 aliphatic heterocycles. The molecular weight excluding hydrogens is 608 g/mol. The second kappa shape index (κ2) is 10.6. The number of aromatic nitrogens is 7. The Morgan fingerprint density at radius 2 is 1.78 bits per heavy atom. The van der Waals surface area contributed by atoms with E-state index in [1.165, 1.54) is 30.3 Å². The molecule has 1 amide bonds. The van der Waals surface area contributed by atoms with Crippen LogP contribution in [0.1, 0.15) is 47.9 Å². The van der Waals surface area contributed by atoms with Gasteiger partial charge in [-0.25, -0.2) is 27.2 Å². The Balaban J connectivity index is 1.26. The van der Waals surface area contributed by atoms with Gasteiger partial charge in [0.25, 0.3) is 5.91 Å². The van der Waals surface area contributed by atoms with Crippen LogP contribution in [0.4, 0.5) is 14.6 Å². The van der Waals surface area contributed by atoms with Gasteiger partial charge < -0.3 is 15.4 Å². The number of hydrogen-bond donors (Lipinski definition) is 2. The number of benzene rings is 1. The molecule has 0 saturated carbocycles. The number of H-pyrrole nitrogens is 1. The number of nitrogens with zero attached hydrogens (tertiary/aromatic N) is 7. The molecule has 7 rings (SSSR count). The molecule has 2 saturated heterocycles. The van der Waals surface area contributed by atoms with Crippen LogP contribution in [-0.4, -0.2) is 79.4 Å².